The van der Waals surface area contributed by atoms with Gasteiger partial charge in [-0.2, -0.15) is 0 Å². The fraction of sp³-hybridized carbons (Fsp3) is 0.308. The van der Waals surface area contributed by atoms with Crippen LogP contribution in [0.2, 0.25) is 0 Å². The maximum atomic E-state index is 12.1. The molecule has 16 heavy (non-hydrogen) atoms. The van der Waals surface area contributed by atoms with Crippen LogP contribution in [0.1, 0.15) is 28.8 Å². The topological polar surface area (TPSA) is 40.5 Å². The van der Waals surface area contributed by atoms with E-state index in [0.29, 0.717) is 12.8 Å². The summed E-state index contributed by atoms with van der Waals surface area (Å²) in [7, 11) is 0. The highest BCUT2D eigenvalue weighted by Gasteiger charge is 2.41. The normalized spacial score (nSPS) is 27.9. The number of hydrogen-bond acceptors (Lipinski definition) is 2. The first-order valence-corrected chi connectivity index (χ1v) is 5.48. The third-order valence-electron chi connectivity index (χ3n) is 3.43. The van der Waals surface area contributed by atoms with E-state index < -0.39 is 0 Å². The van der Waals surface area contributed by atoms with Crippen LogP contribution in [0, 0.1) is 0 Å². The number of hydrogen-bond donors (Lipinski definition) is 1. The molecule has 0 atom stereocenters. The molecule has 1 amide bonds. The predicted molar refractivity (Wildman–Crippen MR) is 60.7 cm³/mol. The second-order valence-electron chi connectivity index (χ2n) is 4.45. The molecule has 1 N–H and O–H groups in total. The summed E-state index contributed by atoms with van der Waals surface area (Å²) in [6.45, 7) is 3.98. The number of amides is 1. The van der Waals surface area contributed by atoms with E-state index in [-0.39, 0.29) is 18.1 Å². The standard InChI is InChI=1S/C13H13NO2/c1-8-11-4-2-3-5-12(11)13(16)14(8)9-6-10(15)7-9/h2-5,9-10,15H,1,6-7H2. The number of rotatable bonds is 1. The van der Waals surface area contributed by atoms with E-state index in [9.17, 15) is 9.90 Å². The maximum absolute atomic E-state index is 12.1. The number of benzene rings is 1. The molecule has 1 saturated carbocycles. The predicted octanol–water partition coefficient (Wildman–Crippen LogP) is 1.64. The summed E-state index contributed by atoms with van der Waals surface area (Å²) in [4.78, 5) is 13.9. The Labute approximate surface area is 94.0 Å². The van der Waals surface area contributed by atoms with Gasteiger partial charge in [-0.25, -0.2) is 0 Å². The SMILES string of the molecule is C=C1c2ccccc2C(=O)N1C1CC(O)C1. The third kappa shape index (κ3) is 1.15. The Hall–Kier alpha value is -1.61. The lowest BCUT2D eigenvalue weighted by Crippen LogP contribution is -2.46. The van der Waals surface area contributed by atoms with Crippen LogP contribution in [0.15, 0.2) is 30.8 Å². The Kier molecular flexibility index (Phi) is 1.91. The van der Waals surface area contributed by atoms with Crippen LogP contribution < -0.4 is 0 Å². The summed E-state index contributed by atoms with van der Waals surface area (Å²) >= 11 is 0. The number of fused-ring (bicyclic) bond motifs is 1. The molecule has 1 aliphatic heterocycles. The average Bonchev–Trinajstić information content (AvgIpc) is 2.49. The van der Waals surface area contributed by atoms with Gasteiger partial charge >= 0.3 is 0 Å². The van der Waals surface area contributed by atoms with Crippen molar-refractivity contribution < 1.29 is 9.90 Å². The Morgan fingerprint density at radius 1 is 1.25 bits per heavy atom. The molecule has 82 valence electrons. The molecular formula is C13H13NO2. The van der Waals surface area contributed by atoms with E-state index in [2.05, 4.69) is 6.58 Å². The van der Waals surface area contributed by atoms with E-state index >= 15 is 0 Å². The average molecular weight is 215 g/mol. The van der Waals surface area contributed by atoms with Crippen LogP contribution in [0.4, 0.5) is 0 Å². The quantitative estimate of drug-likeness (QED) is 0.773. The summed E-state index contributed by atoms with van der Waals surface area (Å²) in [5.41, 5.74) is 2.43. The second-order valence-corrected chi connectivity index (χ2v) is 4.45. The van der Waals surface area contributed by atoms with Crippen LogP contribution in [-0.4, -0.2) is 28.1 Å². The Bertz CT molecular complexity index is 440. The van der Waals surface area contributed by atoms with Crippen molar-refractivity contribution in [3.05, 3.63) is 42.0 Å². The summed E-state index contributed by atoms with van der Waals surface area (Å²) in [5.74, 6) is 0.0255. The molecule has 0 unspecified atom stereocenters. The largest absolute Gasteiger partial charge is 0.393 e. The summed E-state index contributed by atoms with van der Waals surface area (Å²) in [6, 6.07) is 7.66. The van der Waals surface area contributed by atoms with Crippen molar-refractivity contribution in [1.82, 2.24) is 4.90 Å². The zero-order valence-electron chi connectivity index (χ0n) is 8.89. The molecule has 2 aliphatic rings. The van der Waals surface area contributed by atoms with Gasteiger partial charge in [0.2, 0.25) is 0 Å². The minimum Gasteiger partial charge on any atom is -0.393 e. The first-order valence-electron chi connectivity index (χ1n) is 5.48. The molecule has 0 bridgehead atoms. The van der Waals surface area contributed by atoms with Crippen LogP contribution in [0.25, 0.3) is 5.70 Å². The number of carbonyl (C=O) groups is 1. The van der Waals surface area contributed by atoms with Gasteiger partial charge < -0.3 is 10.0 Å². The van der Waals surface area contributed by atoms with Gasteiger partial charge in [-0.15, -0.1) is 0 Å². The molecule has 0 spiro atoms. The monoisotopic (exact) mass is 215 g/mol. The fourth-order valence-electron chi connectivity index (χ4n) is 2.46. The van der Waals surface area contributed by atoms with Crippen LogP contribution in [-0.2, 0) is 0 Å². The van der Waals surface area contributed by atoms with E-state index in [0.717, 1.165) is 16.8 Å². The van der Waals surface area contributed by atoms with Gasteiger partial charge in [-0.1, -0.05) is 24.8 Å². The highest BCUT2D eigenvalue weighted by Crippen LogP contribution is 2.38. The molecule has 0 aromatic heterocycles. The van der Waals surface area contributed by atoms with Crippen LogP contribution in [0.3, 0.4) is 0 Å². The first-order chi connectivity index (χ1) is 7.68. The van der Waals surface area contributed by atoms with E-state index in [1.54, 1.807) is 4.90 Å². The molecule has 1 aromatic carbocycles. The van der Waals surface area contributed by atoms with Gasteiger partial charge in [-0.3, -0.25) is 4.79 Å². The van der Waals surface area contributed by atoms with Gasteiger partial charge in [-0.05, 0) is 18.9 Å². The van der Waals surface area contributed by atoms with Gasteiger partial charge in [0.05, 0.1) is 6.10 Å². The molecule has 1 heterocycles. The van der Waals surface area contributed by atoms with Crippen LogP contribution in [0.5, 0.6) is 0 Å². The smallest absolute Gasteiger partial charge is 0.259 e. The van der Waals surface area contributed by atoms with Gasteiger partial charge in [0.15, 0.2) is 0 Å². The number of carbonyl (C=O) groups excluding carboxylic acids is 1. The zero-order chi connectivity index (χ0) is 11.3. The molecule has 1 fully saturated rings. The Morgan fingerprint density at radius 2 is 1.88 bits per heavy atom. The van der Waals surface area contributed by atoms with Crippen molar-refractivity contribution >= 4 is 11.6 Å². The number of aliphatic hydroxyl groups is 1. The van der Waals surface area contributed by atoms with Crippen molar-refractivity contribution in [2.24, 2.45) is 0 Å². The van der Waals surface area contributed by atoms with Crippen molar-refractivity contribution in [2.45, 2.75) is 25.0 Å². The highest BCUT2D eigenvalue weighted by molar-refractivity contribution is 6.09. The second kappa shape index (κ2) is 3.19. The Balaban J connectivity index is 1.96. The summed E-state index contributed by atoms with van der Waals surface area (Å²) in [6.07, 6.45) is 1.08. The first kappa shape index (κ1) is 9.60. The van der Waals surface area contributed by atoms with Gasteiger partial charge in [0.25, 0.3) is 5.91 Å². The van der Waals surface area contributed by atoms with E-state index in [1.807, 2.05) is 24.3 Å². The molecule has 3 rings (SSSR count). The maximum Gasteiger partial charge on any atom is 0.259 e. The lowest BCUT2D eigenvalue weighted by atomic mass is 9.88. The highest BCUT2D eigenvalue weighted by atomic mass is 16.3. The van der Waals surface area contributed by atoms with E-state index in [1.165, 1.54) is 0 Å². The molecule has 1 aliphatic carbocycles. The number of aliphatic hydroxyl groups excluding tert-OH is 1. The molecule has 0 radical (unpaired) electrons. The zero-order valence-corrected chi connectivity index (χ0v) is 8.89. The Morgan fingerprint density at radius 3 is 2.44 bits per heavy atom. The number of nitrogens with zero attached hydrogens (tertiary/aromatic N) is 1. The van der Waals surface area contributed by atoms with Crippen molar-refractivity contribution in [1.29, 1.82) is 0 Å². The van der Waals surface area contributed by atoms with Crippen molar-refractivity contribution in [2.75, 3.05) is 0 Å². The molecule has 0 saturated heterocycles. The molecule has 1 aromatic rings. The van der Waals surface area contributed by atoms with Crippen LogP contribution >= 0.6 is 0 Å². The summed E-state index contributed by atoms with van der Waals surface area (Å²) < 4.78 is 0. The molecule has 3 nitrogen and oxygen atoms in total. The van der Waals surface area contributed by atoms with Crippen molar-refractivity contribution in [3.63, 3.8) is 0 Å². The minimum absolute atomic E-state index is 0.0255. The van der Waals surface area contributed by atoms with E-state index in [4.69, 9.17) is 0 Å². The molecule has 3 heteroatoms. The van der Waals surface area contributed by atoms with Gasteiger partial charge in [0, 0.05) is 22.9 Å². The van der Waals surface area contributed by atoms with Crippen molar-refractivity contribution in [3.8, 4) is 0 Å². The minimum atomic E-state index is -0.255. The lowest BCUT2D eigenvalue weighted by molar-refractivity contribution is 0.0247. The van der Waals surface area contributed by atoms with Gasteiger partial charge in [0.1, 0.15) is 0 Å². The third-order valence-corrected chi connectivity index (χ3v) is 3.43. The fourth-order valence-corrected chi connectivity index (χ4v) is 2.46. The summed E-state index contributed by atoms with van der Waals surface area (Å²) in [5, 5.41) is 9.30. The molecular weight excluding hydrogens is 202 g/mol. The lowest BCUT2D eigenvalue weighted by Gasteiger charge is -2.38.